The zero-order valence-electron chi connectivity index (χ0n) is 6.95. The first-order chi connectivity index (χ1) is 6.68. The summed E-state index contributed by atoms with van der Waals surface area (Å²) in [6.45, 7) is 0. The van der Waals surface area contributed by atoms with Gasteiger partial charge in [0.25, 0.3) is 0 Å². The van der Waals surface area contributed by atoms with Crippen molar-refractivity contribution < 1.29 is 0 Å². The molecule has 72 valence electrons. The maximum absolute atomic E-state index is 11.3. The van der Waals surface area contributed by atoms with E-state index in [1.54, 1.807) is 12.1 Å². The second-order valence-electron chi connectivity index (χ2n) is 2.66. The fourth-order valence-electron chi connectivity index (χ4n) is 1.14. The second kappa shape index (κ2) is 3.45. The number of rotatable bonds is 1. The Morgan fingerprint density at radius 2 is 1.93 bits per heavy atom. The zero-order valence-corrected chi connectivity index (χ0v) is 9.11. The first-order valence-corrected chi connectivity index (χ1v) is 4.92. The van der Waals surface area contributed by atoms with Gasteiger partial charge in [-0.15, -0.1) is 0 Å². The molecule has 0 radical (unpaired) electrons. The maximum atomic E-state index is 11.3. The van der Waals surface area contributed by atoms with E-state index < -0.39 is 11.4 Å². The Balaban J connectivity index is 2.72. The third-order valence-electron chi connectivity index (χ3n) is 1.73. The van der Waals surface area contributed by atoms with Gasteiger partial charge in [0, 0.05) is 3.57 Å². The molecule has 0 spiro atoms. The highest BCUT2D eigenvalue weighted by Gasteiger charge is 2.05. The molecule has 0 fully saturated rings. The molecule has 0 saturated heterocycles. The normalized spacial score (nSPS) is 10.4. The third-order valence-corrected chi connectivity index (χ3v) is 2.64. The number of hydrogen-bond donors (Lipinski definition) is 2. The van der Waals surface area contributed by atoms with Crippen LogP contribution in [0.5, 0.6) is 0 Å². The Bertz CT molecular complexity index is 566. The number of para-hydroxylation sites is 1. The van der Waals surface area contributed by atoms with E-state index in [0.29, 0.717) is 5.69 Å². The highest BCUT2D eigenvalue weighted by Crippen LogP contribution is 2.12. The molecule has 6 heteroatoms. The lowest BCUT2D eigenvalue weighted by molar-refractivity contribution is 0.829. The summed E-state index contributed by atoms with van der Waals surface area (Å²) in [5, 5.41) is 2.39. The van der Waals surface area contributed by atoms with E-state index in [9.17, 15) is 9.59 Å². The molecule has 5 nitrogen and oxygen atoms in total. The predicted octanol–water partition coefficient (Wildman–Crippen LogP) is 0.458. The van der Waals surface area contributed by atoms with Crippen LogP contribution in [0.4, 0.5) is 0 Å². The van der Waals surface area contributed by atoms with Crippen molar-refractivity contribution in [3.05, 3.63) is 48.8 Å². The monoisotopic (exact) mass is 303 g/mol. The summed E-state index contributed by atoms with van der Waals surface area (Å²) < 4.78 is 2.08. The quantitative estimate of drug-likeness (QED) is 0.751. The average Bonchev–Trinajstić information content (AvgIpc) is 2.46. The minimum Gasteiger partial charge on any atom is -0.256 e. The van der Waals surface area contributed by atoms with Gasteiger partial charge in [0.05, 0.1) is 5.69 Å². The lowest BCUT2D eigenvalue weighted by Gasteiger charge is -2.01. The second-order valence-corrected chi connectivity index (χ2v) is 3.82. The molecule has 0 unspecified atom stereocenters. The third kappa shape index (κ3) is 1.52. The lowest BCUT2D eigenvalue weighted by atomic mass is 10.3. The molecule has 0 bridgehead atoms. The van der Waals surface area contributed by atoms with E-state index in [1.165, 1.54) is 4.68 Å². The zero-order chi connectivity index (χ0) is 10.1. The van der Waals surface area contributed by atoms with Gasteiger partial charge < -0.3 is 0 Å². The number of nitrogens with zero attached hydrogens (tertiary/aromatic N) is 1. The van der Waals surface area contributed by atoms with Gasteiger partial charge in [0.15, 0.2) is 0 Å². The molecule has 0 aliphatic rings. The Hall–Kier alpha value is -1.31. The Labute approximate surface area is 91.9 Å². The van der Waals surface area contributed by atoms with Crippen LogP contribution in [-0.2, 0) is 0 Å². The van der Waals surface area contributed by atoms with Crippen LogP contribution in [0.15, 0.2) is 33.9 Å². The Morgan fingerprint density at radius 1 is 1.21 bits per heavy atom. The molecular weight excluding hydrogens is 297 g/mol. The first kappa shape index (κ1) is 9.25. The minimum atomic E-state index is -0.505. The van der Waals surface area contributed by atoms with Gasteiger partial charge in [0.1, 0.15) is 0 Å². The summed E-state index contributed by atoms with van der Waals surface area (Å²) in [5.74, 6) is 0. The van der Waals surface area contributed by atoms with Crippen molar-refractivity contribution in [2.45, 2.75) is 0 Å². The van der Waals surface area contributed by atoms with Gasteiger partial charge in [-0.1, -0.05) is 12.1 Å². The van der Waals surface area contributed by atoms with Crippen LogP contribution < -0.4 is 11.4 Å². The summed E-state index contributed by atoms with van der Waals surface area (Å²) in [6.07, 6.45) is 0. The van der Waals surface area contributed by atoms with Crippen LogP contribution in [0.3, 0.4) is 0 Å². The van der Waals surface area contributed by atoms with Crippen LogP contribution >= 0.6 is 22.6 Å². The maximum Gasteiger partial charge on any atom is 0.349 e. The number of nitrogens with one attached hydrogen (secondary N) is 2. The summed E-state index contributed by atoms with van der Waals surface area (Å²) in [4.78, 5) is 24.3. The molecule has 0 amide bonds. The highest BCUT2D eigenvalue weighted by molar-refractivity contribution is 14.1. The molecule has 0 saturated carbocycles. The average molecular weight is 303 g/mol. The SMILES string of the molecule is O=c1[nH]c(=O)n(-c2ccccc2I)[nH]1. The van der Waals surface area contributed by atoms with E-state index in [0.717, 1.165) is 3.57 Å². The number of aromatic nitrogens is 3. The van der Waals surface area contributed by atoms with E-state index >= 15 is 0 Å². The molecule has 2 rings (SSSR count). The minimum absolute atomic E-state index is 0.459. The van der Waals surface area contributed by atoms with Gasteiger partial charge in [-0.25, -0.2) is 14.7 Å². The van der Waals surface area contributed by atoms with Gasteiger partial charge in [-0.05, 0) is 34.7 Å². The van der Waals surface area contributed by atoms with Gasteiger partial charge >= 0.3 is 11.4 Å². The molecular formula is C8H6IN3O2. The fraction of sp³-hybridized carbons (Fsp3) is 0. The van der Waals surface area contributed by atoms with E-state index in [4.69, 9.17) is 0 Å². The van der Waals surface area contributed by atoms with Crippen molar-refractivity contribution >= 4 is 22.6 Å². The van der Waals surface area contributed by atoms with Crippen LogP contribution in [0.25, 0.3) is 5.69 Å². The van der Waals surface area contributed by atoms with Gasteiger partial charge in [0.2, 0.25) is 0 Å². The van der Waals surface area contributed by atoms with Crippen LogP contribution in [0.2, 0.25) is 0 Å². The number of benzene rings is 1. The van der Waals surface area contributed by atoms with Crippen LogP contribution in [-0.4, -0.2) is 14.8 Å². The molecule has 0 aliphatic carbocycles. The van der Waals surface area contributed by atoms with Gasteiger partial charge in [-0.3, -0.25) is 4.98 Å². The van der Waals surface area contributed by atoms with Crippen molar-refractivity contribution in [2.75, 3.05) is 0 Å². The largest absolute Gasteiger partial charge is 0.349 e. The smallest absolute Gasteiger partial charge is 0.256 e. The van der Waals surface area contributed by atoms with Crippen molar-refractivity contribution in [2.24, 2.45) is 0 Å². The molecule has 0 atom stereocenters. The highest BCUT2D eigenvalue weighted by atomic mass is 127. The van der Waals surface area contributed by atoms with Crippen molar-refractivity contribution in [3.8, 4) is 5.69 Å². The molecule has 2 N–H and O–H groups in total. The standard InChI is InChI=1S/C8H6IN3O2/c9-5-3-1-2-4-6(5)12-8(14)10-7(13)11-12/h1-4H,(H2,10,11,13,14). The van der Waals surface area contributed by atoms with Crippen molar-refractivity contribution in [1.82, 2.24) is 14.8 Å². The van der Waals surface area contributed by atoms with E-state index in [2.05, 4.69) is 32.7 Å². The topological polar surface area (TPSA) is 70.7 Å². The lowest BCUT2D eigenvalue weighted by Crippen LogP contribution is -2.16. The molecule has 1 aromatic carbocycles. The Kier molecular flexibility index (Phi) is 2.28. The number of aromatic amines is 2. The molecule has 0 aliphatic heterocycles. The Morgan fingerprint density at radius 3 is 2.50 bits per heavy atom. The van der Waals surface area contributed by atoms with E-state index in [1.807, 2.05) is 12.1 Å². The molecule has 1 aromatic heterocycles. The summed E-state index contributed by atoms with van der Waals surface area (Å²) >= 11 is 2.09. The molecule has 1 heterocycles. The fourth-order valence-corrected chi connectivity index (χ4v) is 1.76. The van der Waals surface area contributed by atoms with Crippen LogP contribution in [0.1, 0.15) is 0 Å². The number of hydrogen-bond acceptors (Lipinski definition) is 2. The number of halogens is 1. The molecule has 14 heavy (non-hydrogen) atoms. The van der Waals surface area contributed by atoms with Crippen molar-refractivity contribution in [1.29, 1.82) is 0 Å². The van der Waals surface area contributed by atoms with Crippen LogP contribution in [0, 0.1) is 3.57 Å². The van der Waals surface area contributed by atoms with E-state index in [-0.39, 0.29) is 0 Å². The van der Waals surface area contributed by atoms with Crippen molar-refractivity contribution in [3.63, 3.8) is 0 Å². The van der Waals surface area contributed by atoms with Gasteiger partial charge in [-0.2, -0.15) is 4.68 Å². The summed E-state index contributed by atoms with van der Waals surface area (Å²) in [5.41, 5.74) is -0.301. The first-order valence-electron chi connectivity index (χ1n) is 3.85. The summed E-state index contributed by atoms with van der Waals surface area (Å²) in [7, 11) is 0. The predicted molar refractivity (Wildman–Crippen MR) is 59.7 cm³/mol. The summed E-state index contributed by atoms with van der Waals surface area (Å²) in [6, 6.07) is 7.27. The number of H-pyrrole nitrogens is 2. The molecule has 2 aromatic rings.